The van der Waals surface area contributed by atoms with Crippen LogP contribution in [0.4, 0.5) is 5.82 Å². The van der Waals surface area contributed by atoms with Crippen molar-refractivity contribution in [3.63, 3.8) is 0 Å². The number of carbonyl (C=O) groups is 1. The van der Waals surface area contributed by atoms with E-state index in [0.717, 1.165) is 5.01 Å². The Morgan fingerprint density at radius 3 is 2.68 bits per heavy atom. The van der Waals surface area contributed by atoms with Crippen molar-refractivity contribution < 1.29 is 4.79 Å². The summed E-state index contributed by atoms with van der Waals surface area (Å²) < 4.78 is 0. The lowest BCUT2D eigenvalue weighted by Crippen LogP contribution is -2.23. The van der Waals surface area contributed by atoms with Gasteiger partial charge in [-0.3, -0.25) is 4.79 Å². The molecule has 100 valence electrons. The maximum Gasteiger partial charge on any atom is 0.273 e. The molecular formula is C12H15N5OS. The predicted molar refractivity (Wildman–Crippen MR) is 74.2 cm³/mol. The van der Waals surface area contributed by atoms with Crippen LogP contribution in [0.3, 0.4) is 0 Å². The Kier molecular flexibility index (Phi) is 4.06. The van der Waals surface area contributed by atoms with Crippen molar-refractivity contribution in [2.75, 3.05) is 19.4 Å². The molecule has 1 atom stereocenters. The maximum atomic E-state index is 11.7. The molecule has 2 heterocycles. The summed E-state index contributed by atoms with van der Waals surface area (Å²) in [6.07, 6.45) is 1.77. The van der Waals surface area contributed by atoms with E-state index in [0.29, 0.717) is 11.5 Å². The molecule has 0 saturated carbocycles. The van der Waals surface area contributed by atoms with E-state index >= 15 is 0 Å². The van der Waals surface area contributed by atoms with Gasteiger partial charge in [-0.05, 0) is 19.1 Å². The van der Waals surface area contributed by atoms with Crippen molar-refractivity contribution in [3.8, 4) is 0 Å². The number of nitrogens with one attached hydrogen (secondary N) is 1. The highest BCUT2D eigenvalue weighted by Crippen LogP contribution is 2.19. The third-order valence-corrected chi connectivity index (χ3v) is 3.43. The second-order valence-electron chi connectivity index (χ2n) is 4.24. The number of anilines is 1. The molecule has 0 aromatic carbocycles. The molecule has 0 radical (unpaired) electrons. The zero-order valence-electron chi connectivity index (χ0n) is 11.0. The predicted octanol–water partition coefficient (Wildman–Crippen LogP) is 1.81. The van der Waals surface area contributed by atoms with Crippen molar-refractivity contribution in [1.82, 2.24) is 20.1 Å². The van der Waals surface area contributed by atoms with Gasteiger partial charge in [0, 0.05) is 25.7 Å². The number of nitrogens with zero attached hydrogens (tertiary/aromatic N) is 4. The molecule has 0 fully saturated rings. The lowest BCUT2D eigenvalue weighted by atomic mass is 10.3. The van der Waals surface area contributed by atoms with Crippen LogP contribution in [-0.4, -0.2) is 40.1 Å². The van der Waals surface area contributed by atoms with Crippen LogP contribution in [0.2, 0.25) is 0 Å². The van der Waals surface area contributed by atoms with E-state index in [9.17, 15) is 4.79 Å². The van der Waals surface area contributed by atoms with Crippen LogP contribution >= 0.6 is 11.3 Å². The van der Waals surface area contributed by atoms with E-state index in [1.807, 2.05) is 12.3 Å². The molecule has 0 spiro atoms. The molecule has 6 nitrogen and oxygen atoms in total. The summed E-state index contributed by atoms with van der Waals surface area (Å²) in [7, 11) is 3.36. The first-order chi connectivity index (χ1) is 9.08. The molecule has 1 amide bonds. The van der Waals surface area contributed by atoms with Gasteiger partial charge in [0.15, 0.2) is 5.69 Å². The quantitative estimate of drug-likeness (QED) is 0.922. The number of hydrogen-bond donors (Lipinski definition) is 1. The minimum absolute atomic E-state index is 0.0599. The minimum Gasteiger partial charge on any atom is -0.360 e. The molecule has 0 saturated heterocycles. The highest BCUT2D eigenvalue weighted by Gasteiger charge is 2.12. The largest absolute Gasteiger partial charge is 0.360 e. The fourth-order valence-electron chi connectivity index (χ4n) is 1.48. The molecule has 1 unspecified atom stereocenters. The van der Waals surface area contributed by atoms with Crippen molar-refractivity contribution in [2.24, 2.45) is 0 Å². The molecule has 19 heavy (non-hydrogen) atoms. The first kappa shape index (κ1) is 13.4. The number of rotatable bonds is 4. The summed E-state index contributed by atoms with van der Waals surface area (Å²) in [6.45, 7) is 2.00. The average Bonchev–Trinajstić information content (AvgIpc) is 2.92. The Hall–Kier alpha value is -2.02. The van der Waals surface area contributed by atoms with Gasteiger partial charge in [0.1, 0.15) is 10.8 Å². The van der Waals surface area contributed by atoms with E-state index in [1.54, 1.807) is 43.8 Å². The van der Waals surface area contributed by atoms with Crippen molar-refractivity contribution >= 4 is 23.1 Å². The summed E-state index contributed by atoms with van der Waals surface area (Å²) >= 11 is 1.58. The van der Waals surface area contributed by atoms with Gasteiger partial charge in [0.2, 0.25) is 0 Å². The second kappa shape index (κ2) is 5.75. The standard InChI is InChI=1S/C12H15N5OS/c1-8(11-13-6-7-19-11)14-10-5-4-9(15-16-10)12(18)17(2)3/h4-8H,1-3H3,(H,14,16). The Bertz CT molecular complexity index is 538. The third-order valence-electron chi connectivity index (χ3n) is 2.48. The second-order valence-corrected chi connectivity index (χ2v) is 5.17. The maximum absolute atomic E-state index is 11.7. The lowest BCUT2D eigenvalue weighted by Gasteiger charge is -2.12. The summed E-state index contributed by atoms with van der Waals surface area (Å²) in [5, 5.41) is 14.0. The van der Waals surface area contributed by atoms with Gasteiger partial charge in [0.25, 0.3) is 5.91 Å². The summed E-state index contributed by atoms with van der Waals surface area (Å²) in [5.74, 6) is 0.463. The van der Waals surface area contributed by atoms with Gasteiger partial charge in [-0.25, -0.2) is 4.98 Å². The SMILES string of the molecule is CC(Nc1ccc(C(=O)N(C)C)nn1)c1nccs1. The molecule has 0 aliphatic rings. The van der Waals surface area contributed by atoms with E-state index < -0.39 is 0 Å². The highest BCUT2D eigenvalue weighted by molar-refractivity contribution is 7.09. The molecule has 0 aliphatic carbocycles. The number of carbonyl (C=O) groups excluding carboxylic acids is 1. The van der Waals surface area contributed by atoms with Gasteiger partial charge in [-0.1, -0.05) is 0 Å². The Morgan fingerprint density at radius 2 is 2.16 bits per heavy atom. The van der Waals surface area contributed by atoms with Crippen LogP contribution in [0.25, 0.3) is 0 Å². The van der Waals surface area contributed by atoms with Gasteiger partial charge in [-0.15, -0.1) is 21.5 Å². The fraction of sp³-hybridized carbons (Fsp3) is 0.333. The van der Waals surface area contributed by atoms with Crippen LogP contribution < -0.4 is 5.32 Å². The van der Waals surface area contributed by atoms with Crippen LogP contribution in [0.1, 0.15) is 28.5 Å². The number of thiazole rings is 1. The van der Waals surface area contributed by atoms with E-state index in [1.165, 1.54) is 4.90 Å². The van der Waals surface area contributed by atoms with Crippen molar-refractivity contribution in [3.05, 3.63) is 34.4 Å². The van der Waals surface area contributed by atoms with Crippen LogP contribution in [-0.2, 0) is 0 Å². The van der Waals surface area contributed by atoms with Crippen LogP contribution in [0, 0.1) is 0 Å². The molecule has 1 N–H and O–H groups in total. The minimum atomic E-state index is -0.160. The Balaban J connectivity index is 2.05. The number of hydrogen-bond acceptors (Lipinski definition) is 6. The zero-order valence-corrected chi connectivity index (χ0v) is 11.8. The molecule has 0 bridgehead atoms. The molecule has 2 aromatic heterocycles. The Morgan fingerprint density at radius 1 is 1.37 bits per heavy atom. The molecule has 2 aromatic rings. The topological polar surface area (TPSA) is 71.0 Å². The Labute approximate surface area is 115 Å². The van der Waals surface area contributed by atoms with Gasteiger partial charge < -0.3 is 10.2 Å². The average molecular weight is 277 g/mol. The fourth-order valence-corrected chi connectivity index (χ4v) is 2.13. The first-order valence-electron chi connectivity index (χ1n) is 5.79. The first-order valence-corrected chi connectivity index (χ1v) is 6.67. The highest BCUT2D eigenvalue weighted by atomic mass is 32.1. The smallest absolute Gasteiger partial charge is 0.273 e. The molecular weight excluding hydrogens is 262 g/mol. The van der Waals surface area contributed by atoms with Crippen LogP contribution in [0.15, 0.2) is 23.7 Å². The summed E-state index contributed by atoms with van der Waals surface area (Å²) in [4.78, 5) is 17.4. The van der Waals surface area contributed by atoms with Crippen molar-refractivity contribution in [2.45, 2.75) is 13.0 Å². The molecule has 2 rings (SSSR count). The number of aromatic nitrogens is 3. The third kappa shape index (κ3) is 3.25. The number of amides is 1. The normalized spacial score (nSPS) is 11.9. The summed E-state index contributed by atoms with van der Waals surface area (Å²) in [6, 6.07) is 3.46. The lowest BCUT2D eigenvalue weighted by molar-refractivity contribution is 0.0821. The van der Waals surface area contributed by atoms with E-state index in [2.05, 4.69) is 20.5 Å². The van der Waals surface area contributed by atoms with Crippen LogP contribution in [0.5, 0.6) is 0 Å². The van der Waals surface area contributed by atoms with E-state index in [4.69, 9.17) is 0 Å². The molecule has 0 aliphatic heterocycles. The van der Waals surface area contributed by atoms with Gasteiger partial charge >= 0.3 is 0 Å². The van der Waals surface area contributed by atoms with Gasteiger partial charge in [-0.2, -0.15) is 0 Å². The monoisotopic (exact) mass is 277 g/mol. The van der Waals surface area contributed by atoms with E-state index in [-0.39, 0.29) is 11.9 Å². The zero-order chi connectivity index (χ0) is 13.8. The molecule has 7 heteroatoms. The summed E-state index contributed by atoms with van der Waals surface area (Å²) in [5.41, 5.74) is 0.331. The van der Waals surface area contributed by atoms with Gasteiger partial charge in [0.05, 0.1) is 6.04 Å². The van der Waals surface area contributed by atoms with Crippen molar-refractivity contribution in [1.29, 1.82) is 0 Å².